The predicted molar refractivity (Wildman–Crippen MR) is 124 cm³/mol. The number of benzene rings is 2. The van der Waals surface area contributed by atoms with Crippen molar-refractivity contribution in [2.24, 2.45) is 0 Å². The maximum atomic E-state index is 13.2. The van der Waals surface area contributed by atoms with E-state index in [1.54, 1.807) is 43.3 Å². The van der Waals surface area contributed by atoms with Crippen LogP contribution in [0.1, 0.15) is 33.3 Å². The van der Waals surface area contributed by atoms with E-state index in [0.717, 1.165) is 5.56 Å². The van der Waals surface area contributed by atoms with E-state index in [4.69, 9.17) is 25.8 Å². The van der Waals surface area contributed by atoms with Crippen molar-refractivity contribution >= 4 is 23.4 Å². The highest BCUT2D eigenvalue weighted by atomic mass is 35.5. The zero-order valence-electron chi connectivity index (χ0n) is 19.4. The van der Waals surface area contributed by atoms with Gasteiger partial charge in [0.2, 0.25) is 5.91 Å². The van der Waals surface area contributed by atoms with E-state index in [1.165, 1.54) is 19.1 Å². The number of hydrogen-bond acceptors (Lipinski definition) is 5. The average Bonchev–Trinajstić information content (AvgIpc) is 2.73. The molecule has 8 heteroatoms. The third-order valence-corrected chi connectivity index (χ3v) is 4.83. The molecule has 32 heavy (non-hydrogen) atoms. The second kappa shape index (κ2) is 11.1. The number of amides is 2. The first kappa shape index (κ1) is 25.3. The summed E-state index contributed by atoms with van der Waals surface area (Å²) < 4.78 is 16.2. The van der Waals surface area contributed by atoms with Crippen molar-refractivity contribution in [3.63, 3.8) is 0 Å². The zero-order chi connectivity index (χ0) is 23.9. The van der Waals surface area contributed by atoms with E-state index in [-0.39, 0.29) is 25.0 Å². The monoisotopic (exact) mass is 462 g/mol. The molecular weight excluding hydrogens is 432 g/mol. The first-order chi connectivity index (χ1) is 15.0. The Labute approximate surface area is 194 Å². The molecule has 2 aromatic carbocycles. The molecule has 2 amide bonds. The van der Waals surface area contributed by atoms with Crippen LogP contribution in [-0.2, 0) is 16.1 Å². The first-order valence-electron chi connectivity index (χ1n) is 10.2. The van der Waals surface area contributed by atoms with E-state index >= 15 is 0 Å². The summed E-state index contributed by atoms with van der Waals surface area (Å²) in [7, 11) is 3.07. The molecule has 0 spiro atoms. The molecule has 0 radical (unpaired) electrons. The van der Waals surface area contributed by atoms with Crippen LogP contribution in [0.5, 0.6) is 17.2 Å². The number of methoxy groups -OCH3 is 2. The molecule has 0 aliphatic heterocycles. The molecule has 0 bridgehead atoms. The normalized spacial score (nSPS) is 12.0. The summed E-state index contributed by atoms with van der Waals surface area (Å²) in [6.07, 6.45) is 0. The summed E-state index contributed by atoms with van der Waals surface area (Å²) in [5, 5.41) is 3.48. The molecule has 0 aliphatic carbocycles. The molecule has 0 aliphatic rings. The number of halogens is 1. The maximum Gasteiger partial charge on any atom is 0.261 e. The molecule has 1 N–H and O–H groups in total. The van der Waals surface area contributed by atoms with Crippen LogP contribution in [0.25, 0.3) is 0 Å². The highest BCUT2D eigenvalue weighted by molar-refractivity contribution is 6.30. The molecule has 0 heterocycles. The molecule has 0 aromatic heterocycles. The van der Waals surface area contributed by atoms with E-state index in [2.05, 4.69) is 5.32 Å². The van der Waals surface area contributed by atoms with Gasteiger partial charge in [-0.3, -0.25) is 9.59 Å². The summed E-state index contributed by atoms with van der Waals surface area (Å²) >= 11 is 6.10. The van der Waals surface area contributed by atoms with Gasteiger partial charge in [-0.25, -0.2) is 0 Å². The second-order valence-electron chi connectivity index (χ2n) is 8.40. The summed E-state index contributed by atoms with van der Waals surface area (Å²) in [5.74, 6) is 0.907. The fourth-order valence-electron chi connectivity index (χ4n) is 2.98. The smallest absolute Gasteiger partial charge is 0.261 e. The Morgan fingerprint density at radius 2 is 1.62 bits per heavy atom. The van der Waals surface area contributed by atoms with E-state index in [0.29, 0.717) is 22.3 Å². The van der Waals surface area contributed by atoms with Gasteiger partial charge in [-0.15, -0.1) is 0 Å². The van der Waals surface area contributed by atoms with Gasteiger partial charge in [0, 0.05) is 35.3 Å². The van der Waals surface area contributed by atoms with Gasteiger partial charge < -0.3 is 24.4 Å². The minimum Gasteiger partial charge on any atom is -0.496 e. The maximum absolute atomic E-state index is 13.2. The van der Waals surface area contributed by atoms with Crippen LogP contribution < -0.4 is 19.5 Å². The predicted octanol–water partition coefficient (Wildman–Crippen LogP) is 4.07. The number of rotatable bonds is 9. The van der Waals surface area contributed by atoms with Crippen LogP contribution >= 0.6 is 11.6 Å². The fourth-order valence-corrected chi connectivity index (χ4v) is 3.19. The molecule has 0 fully saturated rings. The first-order valence-corrected chi connectivity index (χ1v) is 10.6. The fraction of sp³-hybridized carbons (Fsp3) is 0.417. The molecule has 7 nitrogen and oxygen atoms in total. The minimum absolute atomic E-state index is 0.211. The lowest BCUT2D eigenvalue weighted by Crippen LogP contribution is -2.53. The van der Waals surface area contributed by atoms with Gasteiger partial charge in [0.15, 0.2) is 6.61 Å². The number of hydrogen-bond donors (Lipinski definition) is 1. The molecule has 174 valence electrons. The van der Waals surface area contributed by atoms with Gasteiger partial charge in [0.1, 0.15) is 23.3 Å². The lowest BCUT2D eigenvalue weighted by Gasteiger charge is -2.31. The number of nitrogens with one attached hydrogen (secondary N) is 1. The Hall–Kier alpha value is -2.93. The molecule has 0 saturated heterocycles. The van der Waals surface area contributed by atoms with Crippen LogP contribution in [-0.4, -0.2) is 49.1 Å². The molecule has 0 unspecified atom stereocenters. The summed E-state index contributed by atoms with van der Waals surface area (Å²) in [6, 6.07) is 11.5. The molecule has 0 saturated carbocycles. The highest BCUT2D eigenvalue weighted by Crippen LogP contribution is 2.27. The van der Waals surface area contributed by atoms with Crippen molar-refractivity contribution < 1.29 is 23.8 Å². The summed E-state index contributed by atoms with van der Waals surface area (Å²) in [6.45, 7) is 7.31. The lowest BCUT2D eigenvalue weighted by molar-refractivity contribution is -0.142. The van der Waals surface area contributed by atoms with Gasteiger partial charge in [0.05, 0.1) is 14.2 Å². The van der Waals surface area contributed by atoms with E-state index < -0.39 is 11.6 Å². The van der Waals surface area contributed by atoms with Crippen molar-refractivity contribution in [2.45, 2.75) is 45.8 Å². The molecule has 2 aromatic rings. The number of ether oxygens (including phenoxy) is 3. The number of nitrogens with zero attached hydrogens (tertiary/aromatic N) is 1. The van der Waals surface area contributed by atoms with Crippen molar-refractivity contribution in [3.8, 4) is 17.2 Å². The quantitative estimate of drug-likeness (QED) is 0.607. The summed E-state index contributed by atoms with van der Waals surface area (Å²) in [5.41, 5.74) is 0.383. The van der Waals surface area contributed by atoms with Crippen LogP contribution in [0.4, 0.5) is 0 Å². The van der Waals surface area contributed by atoms with Crippen molar-refractivity contribution in [1.82, 2.24) is 10.2 Å². The van der Waals surface area contributed by atoms with Crippen molar-refractivity contribution in [1.29, 1.82) is 0 Å². The SMILES string of the molecule is COc1cc(OC)cc(OCC(=O)N(Cc2cccc(Cl)c2)[C@H](C)C(=O)NC(C)(C)C)c1. The Bertz CT molecular complexity index is 920. The van der Waals surface area contributed by atoms with Gasteiger partial charge in [-0.05, 0) is 45.4 Å². The molecule has 2 rings (SSSR count). The van der Waals surface area contributed by atoms with Gasteiger partial charge >= 0.3 is 0 Å². The summed E-state index contributed by atoms with van der Waals surface area (Å²) in [4.78, 5) is 27.4. The van der Waals surface area contributed by atoms with E-state index in [9.17, 15) is 9.59 Å². The third-order valence-electron chi connectivity index (χ3n) is 4.59. The number of carbonyl (C=O) groups is 2. The number of carbonyl (C=O) groups excluding carboxylic acids is 2. The highest BCUT2D eigenvalue weighted by Gasteiger charge is 2.28. The van der Waals surface area contributed by atoms with Crippen LogP contribution in [0, 0.1) is 0 Å². The van der Waals surface area contributed by atoms with Crippen LogP contribution in [0.3, 0.4) is 0 Å². The van der Waals surface area contributed by atoms with Crippen LogP contribution in [0.15, 0.2) is 42.5 Å². The van der Waals surface area contributed by atoms with Crippen LogP contribution in [0.2, 0.25) is 5.02 Å². The van der Waals surface area contributed by atoms with Crippen molar-refractivity contribution in [3.05, 3.63) is 53.1 Å². The van der Waals surface area contributed by atoms with Crippen molar-refractivity contribution in [2.75, 3.05) is 20.8 Å². The topological polar surface area (TPSA) is 77.1 Å². The Morgan fingerprint density at radius 1 is 1.03 bits per heavy atom. The minimum atomic E-state index is -0.718. The Balaban J connectivity index is 2.22. The third kappa shape index (κ3) is 7.64. The van der Waals surface area contributed by atoms with Gasteiger partial charge in [0.25, 0.3) is 5.91 Å². The lowest BCUT2D eigenvalue weighted by atomic mass is 10.1. The largest absolute Gasteiger partial charge is 0.496 e. The Kier molecular flexibility index (Phi) is 8.78. The molecular formula is C24H31ClN2O5. The average molecular weight is 463 g/mol. The second-order valence-corrected chi connectivity index (χ2v) is 8.84. The standard InChI is InChI=1S/C24H31ClN2O5/c1-16(23(29)26-24(2,3)4)27(14-17-8-7-9-18(25)10-17)22(28)15-32-21-12-19(30-5)11-20(13-21)31-6/h7-13,16H,14-15H2,1-6H3,(H,26,29)/t16-/m1/s1. The zero-order valence-corrected chi connectivity index (χ0v) is 20.2. The van der Waals surface area contributed by atoms with Gasteiger partial charge in [-0.2, -0.15) is 0 Å². The molecule has 1 atom stereocenters. The van der Waals surface area contributed by atoms with E-state index in [1.807, 2.05) is 26.8 Å². The Morgan fingerprint density at radius 3 is 2.16 bits per heavy atom. The van der Waals surface area contributed by atoms with Gasteiger partial charge in [-0.1, -0.05) is 23.7 Å².